The monoisotopic (exact) mass is 270 g/mol. The van der Waals surface area contributed by atoms with Crippen molar-refractivity contribution < 1.29 is 14.9 Å². The van der Waals surface area contributed by atoms with E-state index in [0.29, 0.717) is 6.42 Å². The Balaban J connectivity index is 2.27. The molecule has 9 nitrogen and oxygen atoms in total. The van der Waals surface area contributed by atoms with Gasteiger partial charge < -0.3 is 37.1 Å². The van der Waals surface area contributed by atoms with Crippen LogP contribution in [0.4, 0.5) is 23.3 Å². The van der Waals surface area contributed by atoms with Crippen molar-refractivity contribution >= 4 is 23.3 Å². The summed E-state index contributed by atoms with van der Waals surface area (Å²) in [4.78, 5) is 9.27. The molecule has 3 unspecified atom stereocenters. The number of rotatable bonds is 3. The molecule has 0 aliphatic carbocycles. The van der Waals surface area contributed by atoms with Crippen molar-refractivity contribution in [3.63, 3.8) is 0 Å². The van der Waals surface area contributed by atoms with Crippen LogP contribution in [0.15, 0.2) is 0 Å². The molecule has 0 saturated carbocycles. The van der Waals surface area contributed by atoms with Crippen molar-refractivity contribution in [2.45, 2.75) is 24.9 Å². The summed E-state index contributed by atoms with van der Waals surface area (Å²) in [6.45, 7) is -0.162. The van der Waals surface area contributed by atoms with E-state index in [-0.39, 0.29) is 29.9 Å². The predicted molar refractivity (Wildman–Crippen MR) is 70.0 cm³/mol. The average Bonchev–Trinajstić information content (AvgIpc) is 2.74. The molecule has 106 valence electrons. The molecule has 0 spiro atoms. The van der Waals surface area contributed by atoms with E-state index in [9.17, 15) is 5.11 Å². The lowest BCUT2D eigenvalue weighted by Crippen LogP contribution is -2.40. The predicted octanol–water partition coefficient (Wildman–Crippen LogP) is -1.87. The quantitative estimate of drug-likeness (QED) is 0.424. The summed E-state index contributed by atoms with van der Waals surface area (Å²) < 4.78 is 5.50. The highest BCUT2D eigenvalue weighted by molar-refractivity contribution is 5.75. The van der Waals surface area contributed by atoms with Gasteiger partial charge in [0.15, 0.2) is 17.9 Å². The van der Waals surface area contributed by atoms with Crippen molar-refractivity contribution in [2.75, 3.05) is 35.8 Å². The molecule has 0 aromatic carbocycles. The Labute approximate surface area is 110 Å². The molecule has 2 rings (SSSR count). The summed E-state index contributed by atoms with van der Waals surface area (Å²) in [6.07, 6.45) is -1.52. The van der Waals surface area contributed by atoms with Gasteiger partial charge in [-0.3, -0.25) is 0 Å². The van der Waals surface area contributed by atoms with Gasteiger partial charge in [0.1, 0.15) is 11.8 Å². The summed E-state index contributed by atoms with van der Waals surface area (Å²) in [6, 6.07) is 0. The van der Waals surface area contributed by atoms with Crippen LogP contribution in [0.3, 0.4) is 0 Å². The van der Waals surface area contributed by atoms with Gasteiger partial charge in [-0.1, -0.05) is 0 Å². The highest BCUT2D eigenvalue weighted by Crippen LogP contribution is 2.31. The van der Waals surface area contributed by atoms with E-state index in [2.05, 4.69) is 9.97 Å². The lowest BCUT2D eigenvalue weighted by molar-refractivity contribution is -0.00839. The van der Waals surface area contributed by atoms with Crippen molar-refractivity contribution in [1.29, 1.82) is 0 Å². The third kappa shape index (κ3) is 2.48. The minimum absolute atomic E-state index is 0.0141. The maximum Gasteiger partial charge on any atom is 0.224 e. The molecule has 1 aromatic heterocycles. The van der Waals surface area contributed by atoms with Crippen LogP contribution in [0.1, 0.15) is 6.42 Å². The number of nitrogens with two attached hydrogens (primary N) is 3. The molecule has 2 heterocycles. The van der Waals surface area contributed by atoms with Gasteiger partial charge in [0.25, 0.3) is 0 Å². The van der Waals surface area contributed by atoms with Crippen LogP contribution in [0.25, 0.3) is 0 Å². The van der Waals surface area contributed by atoms with Crippen LogP contribution in [0, 0.1) is 0 Å². The third-order valence-corrected chi connectivity index (χ3v) is 3.06. The Morgan fingerprint density at radius 1 is 1.37 bits per heavy atom. The van der Waals surface area contributed by atoms with Gasteiger partial charge in [-0.25, -0.2) is 0 Å². The largest absolute Gasteiger partial charge is 0.394 e. The third-order valence-electron chi connectivity index (χ3n) is 3.06. The highest BCUT2D eigenvalue weighted by atomic mass is 16.5. The van der Waals surface area contributed by atoms with Gasteiger partial charge in [-0.05, 0) is 0 Å². The number of nitrogen functional groups attached to an aromatic ring is 3. The molecular weight excluding hydrogens is 252 g/mol. The lowest BCUT2D eigenvalue weighted by atomic mass is 10.2. The van der Waals surface area contributed by atoms with Crippen LogP contribution in [0.5, 0.6) is 0 Å². The minimum Gasteiger partial charge on any atom is -0.394 e. The van der Waals surface area contributed by atoms with Gasteiger partial charge in [0.05, 0.1) is 12.7 Å². The number of nitrogens with zero attached hydrogens (tertiary/aromatic N) is 3. The molecule has 0 bridgehead atoms. The van der Waals surface area contributed by atoms with Crippen LogP contribution in [0.2, 0.25) is 0 Å². The SMILES string of the molecule is CN(c1nc(N)nc(N)c1N)C1OC(CO)CC1O. The first-order chi connectivity index (χ1) is 8.93. The number of likely N-dealkylation sites (N-methyl/N-ethyl adjacent to an activating group) is 1. The molecule has 1 fully saturated rings. The molecule has 0 radical (unpaired) electrons. The Hall–Kier alpha value is -1.84. The van der Waals surface area contributed by atoms with Gasteiger partial charge in [-0.2, -0.15) is 9.97 Å². The summed E-state index contributed by atoms with van der Waals surface area (Å²) in [5.41, 5.74) is 17.1. The van der Waals surface area contributed by atoms with E-state index in [1.54, 1.807) is 7.05 Å². The van der Waals surface area contributed by atoms with Crippen LogP contribution in [-0.4, -0.2) is 52.3 Å². The molecule has 0 amide bonds. The Kier molecular flexibility index (Phi) is 3.60. The van der Waals surface area contributed by atoms with E-state index in [0.717, 1.165) is 0 Å². The maximum atomic E-state index is 9.93. The Bertz CT molecular complexity index is 471. The fourth-order valence-corrected chi connectivity index (χ4v) is 2.08. The van der Waals surface area contributed by atoms with Gasteiger partial charge in [-0.15, -0.1) is 0 Å². The molecule has 1 saturated heterocycles. The smallest absolute Gasteiger partial charge is 0.224 e. The first kappa shape index (κ1) is 13.6. The van der Waals surface area contributed by atoms with Crippen molar-refractivity contribution in [1.82, 2.24) is 9.97 Å². The van der Waals surface area contributed by atoms with E-state index >= 15 is 0 Å². The second-order valence-electron chi connectivity index (χ2n) is 4.45. The normalized spacial score (nSPS) is 26.6. The first-order valence-corrected chi connectivity index (χ1v) is 5.79. The number of aliphatic hydroxyl groups excluding tert-OH is 2. The molecule has 9 heteroatoms. The fraction of sp³-hybridized carbons (Fsp3) is 0.600. The van der Waals surface area contributed by atoms with E-state index < -0.39 is 18.4 Å². The maximum absolute atomic E-state index is 9.93. The zero-order valence-corrected chi connectivity index (χ0v) is 10.5. The van der Waals surface area contributed by atoms with Crippen molar-refractivity contribution in [2.24, 2.45) is 0 Å². The highest BCUT2D eigenvalue weighted by Gasteiger charge is 2.37. The topological polar surface area (TPSA) is 157 Å². The summed E-state index contributed by atoms with van der Waals surface area (Å²) in [7, 11) is 1.64. The number of hydrogen-bond donors (Lipinski definition) is 5. The van der Waals surface area contributed by atoms with Crippen LogP contribution >= 0.6 is 0 Å². The van der Waals surface area contributed by atoms with Crippen LogP contribution < -0.4 is 22.1 Å². The average molecular weight is 270 g/mol. The molecule has 1 aliphatic rings. The Morgan fingerprint density at radius 2 is 2.05 bits per heavy atom. The zero-order chi connectivity index (χ0) is 14.2. The number of hydrogen-bond acceptors (Lipinski definition) is 9. The van der Waals surface area contributed by atoms with E-state index in [1.165, 1.54) is 4.90 Å². The second kappa shape index (κ2) is 5.03. The molecular formula is C10H18N6O3. The van der Waals surface area contributed by atoms with Gasteiger partial charge in [0, 0.05) is 13.5 Å². The number of ether oxygens (including phenoxy) is 1. The second-order valence-corrected chi connectivity index (χ2v) is 4.45. The van der Waals surface area contributed by atoms with Crippen LogP contribution in [-0.2, 0) is 4.74 Å². The zero-order valence-electron chi connectivity index (χ0n) is 10.5. The van der Waals surface area contributed by atoms with E-state index in [4.69, 9.17) is 27.0 Å². The number of aromatic nitrogens is 2. The Morgan fingerprint density at radius 3 is 2.63 bits per heavy atom. The number of anilines is 4. The van der Waals surface area contributed by atoms with Crippen molar-refractivity contribution in [3.05, 3.63) is 0 Å². The van der Waals surface area contributed by atoms with Gasteiger partial charge >= 0.3 is 0 Å². The standard InChI is InChI=1S/C10H18N6O3/c1-16(9-5(18)2-4(3-17)19-9)8-6(11)7(12)14-10(13)15-8/h4-5,9,17-18H,2-3,11H2,1H3,(H4,12,13,14,15). The van der Waals surface area contributed by atoms with Gasteiger partial charge in [0.2, 0.25) is 5.95 Å². The first-order valence-electron chi connectivity index (χ1n) is 5.79. The summed E-state index contributed by atoms with van der Waals surface area (Å²) in [5, 5.41) is 19.0. The minimum atomic E-state index is -0.765. The summed E-state index contributed by atoms with van der Waals surface area (Å²) in [5.74, 6) is 0.341. The molecule has 3 atom stereocenters. The van der Waals surface area contributed by atoms with Crippen molar-refractivity contribution in [3.8, 4) is 0 Å². The number of aliphatic hydroxyl groups is 2. The molecule has 8 N–H and O–H groups in total. The molecule has 1 aromatic rings. The lowest BCUT2D eigenvalue weighted by Gasteiger charge is -2.28. The molecule has 1 aliphatic heterocycles. The molecule has 19 heavy (non-hydrogen) atoms. The fourth-order valence-electron chi connectivity index (χ4n) is 2.08. The summed E-state index contributed by atoms with van der Waals surface area (Å²) >= 11 is 0. The van der Waals surface area contributed by atoms with E-state index in [1.807, 2.05) is 0 Å².